The Labute approximate surface area is 69.3 Å². The molecule has 1 rings (SSSR count). The number of carboxylic acid groups (broad SMARTS) is 1. The van der Waals surface area contributed by atoms with Crippen LogP contribution in [0.4, 0.5) is 22.0 Å². The monoisotopic (exact) mass is 204 g/mol. The second kappa shape index (κ2) is 2.13. The maximum Gasteiger partial charge on any atom is 0.426 e. The van der Waals surface area contributed by atoms with Crippen molar-refractivity contribution in [2.45, 2.75) is 24.4 Å². The minimum absolute atomic E-state index is 0.291. The van der Waals surface area contributed by atoms with Crippen molar-refractivity contribution in [2.24, 2.45) is 5.92 Å². The predicted molar refractivity (Wildman–Crippen MR) is 30.5 cm³/mol. The summed E-state index contributed by atoms with van der Waals surface area (Å²) in [4.78, 5) is 10.1. The molecule has 0 spiro atoms. The van der Waals surface area contributed by atoms with Crippen LogP contribution in [0.1, 0.15) is 6.92 Å². The van der Waals surface area contributed by atoms with Crippen molar-refractivity contribution in [1.29, 1.82) is 0 Å². The molecule has 0 bridgehead atoms. The summed E-state index contributed by atoms with van der Waals surface area (Å²) < 4.78 is 61.2. The van der Waals surface area contributed by atoms with Crippen molar-refractivity contribution >= 4 is 5.97 Å². The highest BCUT2D eigenvalue weighted by molar-refractivity contribution is 5.79. The molecule has 7 heteroatoms. The fourth-order valence-corrected chi connectivity index (χ4v) is 1.38. The fraction of sp³-hybridized carbons (Fsp3) is 0.833. The fourth-order valence-electron chi connectivity index (χ4n) is 1.38. The van der Waals surface area contributed by atoms with Gasteiger partial charge in [-0.3, -0.25) is 4.79 Å². The maximum absolute atomic E-state index is 12.8. The van der Waals surface area contributed by atoms with Crippen LogP contribution in [-0.4, -0.2) is 28.6 Å². The quantitative estimate of drug-likeness (QED) is 0.660. The van der Waals surface area contributed by atoms with E-state index in [9.17, 15) is 26.7 Å². The third-order valence-corrected chi connectivity index (χ3v) is 2.23. The Morgan fingerprint density at radius 1 is 1.38 bits per heavy atom. The first-order valence-electron chi connectivity index (χ1n) is 3.24. The number of rotatable bonds is 1. The molecule has 0 aromatic carbocycles. The van der Waals surface area contributed by atoms with Gasteiger partial charge in [0.15, 0.2) is 5.67 Å². The molecule has 1 aliphatic rings. The number of carboxylic acids is 1. The van der Waals surface area contributed by atoms with Gasteiger partial charge in [0.05, 0.1) is 0 Å². The van der Waals surface area contributed by atoms with E-state index in [2.05, 4.69) is 0 Å². The van der Waals surface area contributed by atoms with Gasteiger partial charge >= 0.3 is 12.1 Å². The van der Waals surface area contributed by atoms with E-state index < -0.39 is 29.4 Å². The lowest BCUT2D eigenvalue weighted by Crippen LogP contribution is -2.34. The average molecular weight is 204 g/mol. The molecule has 0 aromatic heterocycles. The molecule has 0 saturated heterocycles. The van der Waals surface area contributed by atoms with Gasteiger partial charge < -0.3 is 5.11 Å². The second-order valence-electron chi connectivity index (χ2n) is 3.06. The minimum atomic E-state index is -5.49. The molecule has 0 aliphatic heterocycles. The molecule has 1 fully saturated rings. The SMILES string of the molecule is CC1(F)C(C(=O)O)C1(F)C(F)(F)F. The van der Waals surface area contributed by atoms with Gasteiger partial charge in [0.2, 0.25) is 0 Å². The summed E-state index contributed by atoms with van der Waals surface area (Å²) in [6.07, 6.45) is -5.49. The molecule has 0 amide bonds. The molecular weight excluding hydrogens is 199 g/mol. The lowest BCUT2D eigenvalue weighted by Gasteiger charge is -2.11. The summed E-state index contributed by atoms with van der Waals surface area (Å²) in [6.45, 7) is 0.291. The molecule has 2 nitrogen and oxygen atoms in total. The van der Waals surface area contributed by atoms with Crippen LogP contribution in [0.2, 0.25) is 0 Å². The number of halogens is 5. The molecule has 1 aliphatic carbocycles. The summed E-state index contributed by atoms with van der Waals surface area (Å²) in [7, 11) is 0. The van der Waals surface area contributed by atoms with Gasteiger partial charge in [-0.2, -0.15) is 13.2 Å². The van der Waals surface area contributed by atoms with Crippen LogP contribution in [0.25, 0.3) is 0 Å². The van der Waals surface area contributed by atoms with Crippen LogP contribution in [0, 0.1) is 5.92 Å². The molecule has 0 radical (unpaired) electrons. The van der Waals surface area contributed by atoms with Crippen LogP contribution in [-0.2, 0) is 4.79 Å². The van der Waals surface area contributed by atoms with E-state index in [0.717, 1.165) is 0 Å². The van der Waals surface area contributed by atoms with Gasteiger partial charge in [0.25, 0.3) is 5.67 Å². The van der Waals surface area contributed by atoms with Gasteiger partial charge in [0, 0.05) is 0 Å². The highest BCUT2D eigenvalue weighted by Crippen LogP contribution is 2.67. The van der Waals surface area contributed by atoms with Gasteiger partial charge in [-0.15, -0.1) is 0 Å². The normalized spacial score (nSPS) is 44.6. The molecule has 1 N–H and O–H groups in total. The Bertz CT molecular complexity index is 258. The van der Waals surface area contributed by atoms with E-state index >= 15 is 0 Å². The van der Waals surface area contributed by atoms with Crippen molar-refractivity contribution in [2.75, 3.05) is 0 Å². The van der Waals surface area contributed by atoms with Crippen molar-refractivity contribution in [3.8, 4) is 0 Å². The third kappa shape index (κ3) is 0.955. The number of hydrogen-bond acceptors (Lipinski definition) is 1. The number of carbonyl (C=O) groups is 1. The van der Waals surface area contributed by atoms with E-state index in [0.29, 0.717) is 6.92 Å². The smallest absolute Gasteiger partial charge is 0.426 e. The Morgan fingerprint density at radius 2 is 1.77 bits per heavy atom. The Kier molecular flexibility index (Phi) is 1.67. The van der Waals surface area contributed by atoms with Crippen molar-refractivity contribution in [1.82, 2.24) is 0 Å². The number of hydrogen-bond donors (Lipinski definition) is 1. The standard InChI is InChI=1S/C6H5F5O2/c1-4(7)2(3(12)13)5(4,8)6(9,10)11/h2H,1H3,(H,12,13). The Morgan fingerprint density at radius 3 is 1.85 bits per heavy atom. The molecule has 3 unspecified atom stereocenters. The summed E-state index contributed by atoms with van der Waals surface area (Å²) in [5.74, 6) is -4.77. The molecular formula is C6H5F5O2. The van der Waals surface area contributed by atoms with Crippen LogP contribution < -0.4 is 0 Å². The van der Waals surface area contributed by atoms with Crippen LogP contribution in [0.3, 0.4) is 0 Å². The lowest BCUT2D eigenvalue weighted by atomic mass is 10.2. The zero-order chi connectivity index (χ0) is 10.7. The molecule has 76 valence electrons. The molecule has 1 saturated carbocycles. The maximum atomic E-state index is 12.8. The predicted octanol–water partition coefficient (Wildman–Crippen LogP) is 1.70. The third-order valence-electron chi connectivity index (χ3n) is 2.23. The first-order valence-corrected chi connectivity index (χ1v) is 3.24. The minimum Gasteiger partial charge on any atom is -0.481 e. The van der Waals surface area contributed by atoms with Crippen molar-refractivity contribution in [3.63, 3.8) is 0 Å². The van der Waals surface area contributed by atoms with Crippen molar-refractivity contribution in [3.05, 3.63) is 0 Å². The molecule has 0 heterocycles. The Balaban J connectivity index is 3.04. The summed E-state index contributed by atoms with van der Waals surface area (Å²) >= 11 is 0. The van der Waals surface area contributed by atoms with Crippen LogP contribution in [0.15, 0.2) is 0 Å². The summed E-state index contributed by atoms with van der Waals surface area (Å²) in [6, 6.07) is 0. The average Bonchev–Trinajstić information content (AvgIpc) is 2.26. The van der Waals surface area contributed by atoms with Gasteiger partial charge in [-0.25, -0.2) is 8.78 Å². The number of alkyl halides is 5. The zero-order valence-electron chi connectivity index (χ0n) is 6.32. The second-order valence-corrected chi connectivity index (χ2v) is 3.06. The lowest BCUT2D eigenvalue weighted by molar-refractivity contribution is -0.209. The van der Waals surface area contributed by atoms with Gasteiger partial charge in [-0.1, -0.05) is 0 Å². The number of aliphatic carboxylic acids is 1. The van der Waals surface area contributed by atoms with Crippen LogP contribution >= 0.6 is 0 Å². The van der Waals surface area contributed by atoms with E-state index in [1.165, 1.54) is 0 Å². The van der Waals surface area contributed by atoms with E-state index in [-0.39, 0.29) is 0 Å². The zero-order valence-corrected chi connectivity index (χ0v) is 6.32. The van der Waals surface area contributed by atoms with Crippen LogP contribution in [0.5, 0.6) is 0 Å². The largest absolute Gasteiger partial charge is 0.481 e. The first-order chi connectivity index (χ1) is 5.57. The Hall–Kier alpha value is -0.880. The highest BCUT2D eigenvalue weighted by atomic mass is 19.4. The van der Waals surface area contributed by atoms with Gasteiger partial charge in [-0.05, 0) is 6.92 Å². The topological polar surface area (TPSA) is 37.3 Å². The summed E-state index contributed by atoms with van der Waals surface area (Å²) in [5.41, 5.74) is -7.61. The molecule has 3 atom stereocenters. The summed E-state index contributed by atoms with van der Waals surface area (Å²) in [5, 5.41) is 8.11. The van der Waals surface area contributed by atoms with E-state index in [1.54, 1.807) is 0 Å². The first kappa shape index (κ1) is 10.2. The van der Waals surface area contributed by atoms with Gasteiger partial charge in [0.1, 0.15) is 5.92 Å². The van der Waals surface area contributed by atoms with E-state index in [1.807, 2.05) is 0 Å². The van der Waals surface area contributed by atoms with E-state index in [4.69, 9.17) is 5.11 Å². The highest BCUT2D eigenvalue weighted by Gasteiger charge is 2.92. The molecule has 13 heavy (non-hydrogen) atoms. The van der Waals surface area contributed by atoms with Crippen molar-refractivity contribution < 1.29 is 31.9 Å². The molecule has 0 aromatic rings.